The van der Waals surface area contributed by atoms with Crippen molar-refractivity contribution in [2.75, 3.05) is 20.1 Å². The summed E-state index contributed by atoms with van der Waals surface area (Å²) in [5, 5.41) is 10.7. The van der Waals surface area contributed by atoms with Crippen LogP contribution in [-0.4, -0.2) is 35.9 Å². The number of nitrogens with zero attached hydrogens (tertiary/aromatic N) is 2. The highest BCUT2D eigenvalue weighted by Crippen LogP contribution is 2.22. The van der Waals surface area contributed by atoms with Crippen LogP contribution >= 0.6 is 15.9 Å². The molecule has 2 N–H and O–H groups in total. The lowest BCUT2D eigenvalue weighted by Gasteiger charge is -2.16. The molecule has 0 saturated heterocycles. The molecule has 98 valence electrons. The van der Waals surface area contributed by atoms with Crippen molar-refractivity contribution in [3.05, 3.63) is 38.3 Å². The first-order valence-corrected chi connectivity index (χ1v) is 6.15. The molecule has 6 nitrogen and oxygen atoms in total. The number of hydrogen-bond donors (Lipinski definition) is 1. The van der Waals surface area contributed by atoms with Crippen LogP contribution in [0.3, 0.4) is 0 Å². The molecule has 0 radical (unpaired) electrons. The normalized spacial score (nSPS) is 10.2. The summed E-state index contributed by atoms with van der Waals surface area (Å²) in [6, 6.07) is 4.19. The van der Waals surface area contributed by atoms with E-state index < -0.39 is 4.92 Å². The Morgan fingerprint density at radius 2 is 2.17 bits per heavy atom. The number of halogens is 1. The van der Waals surface area contributed by atoms with Crippen molar-refractivity contribution in [1.29, 1.82) is 0 Å². The quantitative estimate of drug-likeness (QED) is 0.662. The van der Waals surface area contributed by atoms with E-state index in [0.29, 0.717) is 24.0 Å². The third-order valence-electron chi connectivity index (χ3n) is 2.38. The number of rotatable bonds is 5. The molecule has 1 amide bonds. The predicted octanol–water partition coefficient (Wildman–Crippen LogP) is 1.78. The third-order valence-corrected chi connectivity index (χ3v) is 2.84. The lowest BCUT2D eigenvalue weighted by molar-refractivity contribution is -0.385. The molecule has 1 aromatic rings. The molecule has 0 aliphatic heterocycles. The summed E-state index contributed by atoms with van der Waals surface area (Å²) in [6.45, 7) is 1.02. The second-order valence-corrected chi connectivity index (χ2v) is 4.74. The minimum absolute atomic E-state index is 0.111. The van der Waals surface area contributed by atoms with Crippen LogP contribution in [0.15, 0.2) is 22.7 Å². The van der Waals surface area contributed by atoms with E-state index in [1.165, 1.54) is 17.0 Å². The first kappa shape index (κ1) is 14.6. The van der Waals surface area contributed by atoms with Gasteiger partial charge in [0.1, 0.15) is 0 Å². The molecule has 1 aromatic carbocycles. The predicted molar refractivity (Wildman–Crippen MR) is 71.4 cm³/mol. The standard InChI is InChI=1S/C11H14BrN3O3/c1-14(4-2-3-13)11(16)8-5-9(12)7-10(6-8)15(17)18/h5-7H,2-4,13H2,1H3. The molecule has 0 saturated carbocycles. The monoisotopic (exact) mass is 315 g/mol. The molecule has 0 fully saturated rings. The second kappa shape index (κ2) is 6.46. The minimum Gasteiger partial charge on any atom is -0.342 e. The number of benzene rings is 1. The summed E-state index contributed by atoms with van der Waals surface area (Å²) in [7, 11) is 1.64. The number of nitrogens with two attached hydrogens (primary N) is 1. The smallest absolute Gasteiger partial charge is 0.271 e. The average molecular weight is 316 g/mol. The molecule has 0 aliphatic rings. The number of nitro groups is 1. The summed E-state index contributed by atoms with van der Waals surface area (Å²) in [5.74, 6) is -0.257. The number of carbonyl (C=O) groups is 1. The van der Waals surface area contributed by atoms with Gasteiger partial charge in [0, 0.05) is 35.8 Å². The molecular weight excluding hydrogens is 302 g/mol. The Labute approximate surface area is 113 Å². The van der Waals surface area contributed by atoms with Crippen LogP contribution in [-0.2, 0) is 0 Å². The van der Waals surface area contributed by atoms with Crippen LogP contribution in [0.4, 0.5) is 5.69 Å². The molecule has 18 heavy (non-hydrogen) atoms. The average Bonchev–Trinajstić information content (AvgIpc) is 2.34. The van der Waals surface area contributed by atoms with Crippen molar-refractivity contribution in [2.45, 2.75) is 6.42 Å². The van der Waals surface area contributed by atoms with Crippen molar-refractivity contribution in [1.82, 2.24) is 4.90 Å². The highest BCUT2D eigenvalue weighted by Gasteiger charge is 2.16. The third kappa shape index (κ3) is 3.78. The van der Waals surface area contributed by atoms with Crippen molar-refractivity contribution in [3.63, 3.8) is 0 Å². The van der Waals surface area contributed by atoms with Crippen LogP contribution in [0.2, 0.25) is 0 Å². The van der Waals surface area contributed by atoms with Gasteiger partial charge in [-0.05, 0) is 19.0 Å². The molecule has 7 heteroatoms. The fourth-order valence-electron chi connectivity index (χ4n) is 1.45. The zero-order valence-electron chi connectivity index (χ0n) is 9.93. The number of hydrogen-bond acceptors (Lipinski definition) is 4. The topological polar surface area (TPSA) is 89.5 Å². The Bertz CT molecular complexity index is 465. The van der Waals surface area contributed by atoms with Gasteiger partial charge in [-0.25, -0.2) is 0 Å². The van der Waals surface area contributed by atoms with Gasteiger partial charge in [-0.3, -0.25) is 14.9 Å². The van der Waals surface area contributed by atoms with Crippen molar-refractivity contribution in [3.8, 4) is 0 Å². The molecular formula is C11H14BrN3O3. The van der Waals surface area contributed by atoms with E-state index in [0.717, 1.165) is 0 Å². The van der Waals surface area contributed by atoms with E-state index in [1.54, 1.807) is 13.1 Å². The number of amides is 1. The van der Waals surface area contributed by atoms with Crippen LogP contribution in [0.5, 0.6) is 0 Å². The summed E-state index contributed by atoms with van der Waals surface area (Å²) < 4.78 is 0.507. The van der Waals surface area contributed by atoms with E-state index in [4.69, 9.17) is 5.73 Å². The largest absolute Gasteiger partial charge is 0.342 e. The van der Waals surface area contributed by atoms with Crippen molar-refractivity contribution in [2.24, 2.45) is 5.73 Å². The van der Waals surface area contributed by atoms with Gasteiger partial charge in [-0.2, -0.15) is 0 Å². The molecule has 0 bridgehead atoms. The number of nitro benzene ring substituents is 1. The maximum absolute atomic E-state index is 12.0. The molecule has 0 aromatic heterocycles. The van der Waals surface area contributed by atoms with Crippen molar-refractivity contribution >= 4 is 27.5 Å². The van der Waals surface area contributed by atoms with Gasteiger partial charge in [-0.15, -0.1) is 0 Å². The molecule has 0 spiro atoms. The minimum atomic E-state index is -0.526. The van der Waals surface area contributed by atoms with Gasteiger partial charge in [0.15, 0.2) is 0 Å². The zero-order valence-corrected chi connectivity index (χ0v) is 11.5. The SMILES string of the molecule is CN(CCCN)C(=O)c1cc(Br)cc([N+](=O)[O-])c1. The molecule has 0 atom stereocenters. The van der Waals surface area contributed by atoms with Gasteiger partial charge in [0.05, 0.1) is 4.92 Å². The van der Waals surface area contributed by atoms with Crippen LogP contribution < -0.4 is 5.73 Å². The van der Waals surface area contributed by atoms with E-state index in [-0.39, 0.29) is 17.2 Å². The lowest BCUT2D eigenvalue weighted by Crippen LogP contribution is -2.29. The highest BCUT2D eigenvalue weighted by atomic mass is 79.9. The van der Waals surface area contributed by atoms with Crippen LogP contribution in [0.1, 0.15) is 16.8 Å². The summed E-state index contributed by atoms with van der Waals surface area (Å²) in [6.07, 6.45) is 0.693. The Morgan fingerprint density at radius 3 is 2.72 bits per heavy atom. The summed E-state index contributed by atoms with van der Waals surface area (Å²) >= 11 is 3.16. The van der Waals surface area contributed by atoms with E-state index in [9.17, 15) is 14.9 Å². The zero-order chi connectivity index (χ0) is 13.7. The maximum atomic E-state index is 12.0. The second-order valence-electron chi connectivity index (χ2n) is 3.82. The van der Waals surface area contributed by atoms with Gasteiger partial charge >= 0.3 is 0 Å². The molecule has 0 unspecified atom stereocenters. The fourth-order valence-corrected chi connectivity index (χ4v) is 1.93. The molecule has 0 aliphatic carbocycles. The molecule has 0 heterocycles. The van der Waals surface area contributed by atoms with Gasteiger partial charge in [0.2, 0.25) is 0 Å². The van der Waals surface area contributed by atoms with Crippen LogP contribution in [0.25, 0.3) is 0 Å². The fraction of sp³-hybridized carbons (Fsp3) is 0.364. The number of carbonyl (C=O) groups excluding carboxylic acids is 1. The maximum Gasteiger partial charge on any atom is 0.271 e. The Hall–Kier alpha value is -1.47. The summed E-state index contributed by atoms with van der Waals surface area (Å²) in [4.78, 5) is 23.7. The summed E-state index contributed by atoms with van der Waals surface area (Å²) in [5.41, 5.74) is 5.55. The van der Waals surface area contributed by atoms with Gasteiger partial charge in [0.25, 0.3) is 11.6 Å². The lowest BCUT2D eigenvalue weighted by atomic mass is 10.2. The van der Waals surface area contributed by atoms with Gasteiger partial charge in [-0.1, -0.05) is 15.9 Å². The first-order chi connectivity index (χ1) is 8.45. The number of non-ortho nitro benzene ring substituents is 1. The van der Waals surface area contributed by atoms with E-state index >= 15 is 0 Å². The molecule has 1 rings (SSSR count). The van der Waals surface area contributed by atoms with Crippen molar-refractivity contribution < 1.29 is 9.72 Å². The van der Waals surface area contributed by atoms with Gasteiger partial charge < -0.3 is 10.6 Å². The van der Waals surface area contributed by atoms with Crippen LogP contribution in [0, 0.1) is 10.1 Å². The van der Waals surface area contributed by atoms with E-state index in [2.05, 4.69) is 15.9 Å². The Morgan fingerprint density at radius 1 is 1.50 bits per heavy atom. The highest BCUT2D eigenvalue weighted by molar-refractivity contribution is 9.10. The Kier molecular flexibility index (Phi) is 5.24. The first-order valence-electron chi connectivity index (χ1n) is 5.36. The van der Waals surface area contributed by atoms with E-state index in [1.807, 2.05) is 0 Å². The Balaban J connectivity index is 2.95.